The zero-order chi connectivity index (χ0) is 20.0. The summed E-state index contributed by atoms with van der Waals surface area (Å²) in [7, 11) is 0. The second-order valence-electron chi connectivity index (χ2n) is 8.33. The molecule has 150 valence electrons. The molecule has 0 radical (unpaired) electrons. The zero-order valence-corrected chi connectivity index (χ0v) is 16.8. The zero-order valence-electron chi connectivity index (χ0n) is 16.8. The van der Waals surface area contributed by atoms with Crippen LogP contribution in [-0.2, 0) is 12.0 Å². The van der Waals surface area contributed by atoms with E-state index in [0.29, 0.717) is 12.5 Å². The number of aryl methyl sites for hydroxylation is 2. The first kappa shape index (κ1) is 18.1. The average molecular weight is 391 g/mol. The van der Waals surface area contributed by atoms with Crippen LogP contribution in [0.3, 0.4) is 0 Å². The van der Waals surface area contributed by atoms with Gasteiger partial charge in [-0.2, -0.15) is 5.10 Å². The number of H-pyrrole nitrogens is 1. The summed E-state index contributed by atoms with van der Waals surface area (Å²) in [6.45, 7) is 7.71. The highest BCUT2D eigenvalue weighted by molar-refractivity contribution is 5.94. The minimum absolute atomic E-state index is 0.0832. The number of aromatic amines is 1. The Morgan fingerprint density at radius 1 is 1.17 bits per heavy atom. The highest BCUT2D eigenvalue weighted by Gasteiger charge is 2.56. The first-order valence-corrected chi connectivity index (χ1v) is 10.0. The maximum absolute atomic E-state index is 13.1. The third-order valence-electron chi connectivity index (χ3n) is 6.21. The van der Waals surface area contributed by atoms with E-state index >= 15 is 0 Å². The van der Waals surface area contributed by atoms with Gasteiger partial charge in [0.05, 0.1) is 12.0 Å². The highest BCUT2D eigenvalue weighted by Crippen LogP contribution is 2.44. The molecule has 0 aliphatic carbocycles. The van der Waals surface area contributed by atoms with Gasteiger partial charge in [-0.1, -0.05) is 18.2 Å². The topological polar surface area (TPSA) is 78.3 Å². The summed E-state index contributed by atoms with van der Waals surface area (Å²) in [5.41, 5.74) is 0.480. The Morgan fingerprint density at radius 3 is 2.69 bits per heavy atom. The van der Waals surface area contributed by atoms with Crippen molar-refractivity contribution < 1.29 is 9.21 Å². The van der Waals surface area contributed by atoms with Crippen LogP contribution in [0.5, 0.6) is 0 Å². The van der Waals surface area contributed by atoms with Crippen LogP contribution in [0.2, 0.25) is 0 Å². The molecule has 2 aliphatic heterocycles. The van der Waals surface area contributed by atoms with E-state index in [1.807, 2.05) is 61.2 Å². The number of aromatic nitrogens is 3. The van der Waals surface area contributed by atoms with Crippen LogP contribution in [0.4, 0.5) is 0 Å². The third-order valence-corrected chi connectivity index (χ3v) is 6.21. The van der Waals surface area contributed by atoms with E-state index in [1.54, 1.807) is 0 Å². The van der Waals surface area contributed by atoms with Crippen molar-refractivity contribution in [2.24, 2.45) is 5.92 Å². The minimum atomic E-state index is -0.253. The molecule has 0 unspecified atom stereocenters. The number of amides is 1. The van der Waals surface area contributed by atoms with Gasteiger partial charge < -0.3 is 9.32 Å². The number of carbonyl (C=O) groups excluding carboxylic acids is 1. The van der Waals surface area contributed by atoms with Crippen molar-refractivity contribution in [3.8, 4) is 0 Å². The number of hydrogen-bond donors (Lipinski definition) is 1. The fraction of sp³-hybridized carbons (Fsp3) is 0.409. The number of nitrogens with one attached hydrogen (secondary N) is 1. The highest BCUT2D eigenvalue weighted by atomic mass is 16.3. The first-order valence-electron chi connectivity index (χ1n) is 10.0. The number of fused-ring (bicyclic) bond motifs is 1. The standard InChI is InChI=1S/C22H25N5O2/c1-15-8-9-19(29-15)12-26-10-18-11-27(20(28)17-6-4-3-5-7-17)14-22(18,13-26)21-23-16(2)24-25-21/h3-9,18H,10-14H2,1-2H3,(H,23,24,25)/t18-,22-/m1/s1. The Morgan fingerprint density at radius 2 is 2.00 bits per heavy atom. The molecule has 3 aromatic rings. The maximum atomic E-state index is 13.1. The minimum Gasteiger partial charge on any atom is -0.465 e. The van der Waals surface area contributed by atoms with Crippen molar-refractivity contribution in [3.05, 3.63) is 71.2 Å². The summed E-state index contributed by atoms with van der Waals surface area (Å²) in [5, 5.41) is 7.51. The van der Waals surface area contributed by atoms with Crippen LogP contribution in [0.15, 0.2) is 46.9 Å². The van der Waals surface area contributed by atoms with Crippen molar-refractivity contribution >= 4 is 5.91 Å². The number of furan rings is 1. The Hall–Kier alpha value is -2.93. The number of nitrogens with zero attached hydrogens (tertiary/aromatic N) is 4. The SMILES string of the molecule is Cc1nc([C@@]23CN(Cc4ccc(C)o4)C[C@@H]2CN(C(=O)c2ccccc2)C3)n[nH]1. The van der Waals surface area contributed by atoms with Crippen molar-refractivity contribution in [3.63, 3.8) is 0 Å². The monoisotopic (exact) mass is 391 g/mol. The lowest BCUT2D eigenvalue weighted by Crippen LogP contribution is -2.40. The summed E-state index contributed by atoms with van der Waals surface area (Å²) < 4.78 is 5.78. The molecule has 2 aromatic heterocycles. The average Bonchev–Trinajstić information content (AvgIpc) is 3.46. The molecule has 29 heavy (non-hydrogen) atoms. The van der Waals surface area contributed by atoms with E-state index in [9.17, 15) is 4.79 Å². The van der Waals surface area contributed by atoms with Crippen LogP contribution < -0.4 is 0 Å². The Kier molecular flexibility index (Phi) is 4.28. The maximum Gasteiger partial charge on any atom is 0.253 e. The Bertz CT molecular complexity index is 1030. The molecule has 5 rings (SSSR count). The van der Waals surface area contributed by atoms with Crippen molar-refractivity contribution in [2.45, 2.75) is 25.8 Å². The molecule has 0 spiro atoms. The van der Waals surface area contributed by atoms with Gasteiger partial charge in [-0.15, -0.1) is 0 Å². The second-order valence-corrected chi connectivity index (χ2v) is 8.33. The fourth-order valence-electron chi connectivity index (χ4n) is 4.88. The molecule has 7 heteroatoms. The quantitative estimate of drug-likeness (QED) is 0.739. The van der Waals surface area contributed by atoms with Gasteiger partial charge in [0.15, 0.2) is 5.82 Å². The number of carbonyl (C=O) groups is 1. The normalized spacial score (nSPS) is 24.2. The summed E-state index contributed by atoms with van der Waals surface area (Å²) in [5.74, 6) is 3.91. The molecule has 2 atom stereocenters. The third kappa shape index (κ3) is 3.15. The smallest absolute Gasteiger partial charge is 0.253 e. The van der Waals surface area contributed by atoms with Gasteiger partial charge >= 0.3 is 0 Å². The number of rotatable bonds is 4. The van der Waals surface area contributed by atoms with Crippen molar-refractivity contribution in [1.82, 2.24) is 25.0 Å². The van der Waals surface area contributed by atoms with Crippen LogP contribution in [0, 0.1) is 19.8 Å². The molecule has 0 saturated carbocycles. The summed E-state index contributed by atoms with van der Waals surface area (Å²) in [6, 6.07) is 13.6. The molecule has 7 nitrogen and oxygen atoms in total. The fourth-order valence-corrected chi connectivity index (χ4v) is 4.88. The lowest BCUT2D eigenvalue weighted by atomic mass is 9.80. The van der Waals surface area contributed by atoms with Crippen molar-refractivity contribution in [2.75, 3.05) is 26.2 Å². The lowest BCUT2D eigenvalue weighted by molar-refractivity contribution is 0.0768. The summed E-state index contributed by atoms with van der Waals surface area (Å²) in [6.07, 6.45) is 0. The molecule has 1 aromatic carbocycles. The Balaban J connectivity index is 1.41. The van der Waals surface area contributed by atoms with Gasteiger partial charge in [0.2, 0.25) is 0 Å². The predicted molar refractivity (Wildman–Crippen MR) is 107 cm³/mol. The molecule has 4 heterocycles. The van der Waals surface area contributed by atoms with E-state index < -0.39 is 0 Å². The van der Waals surface area contributed by atoms with Gasteiger partial charge in [0.25, 0.3) is 5.91 Å². The summed E-state index contributed by atoms with van der Waals surface area (Å²) in [4.78, 5) is 22.1. The molecule has 0 bridgehead atoms. The number of benzene rings is 1. The van der Waals surface area contributed by atoms with Gasteiger partial charge in [-0.05, 0) is 38.1 Å². The molecule has 1 amide bonds. The summed E-state index contributed by atoms with van der Waals surface area (Å²) >= 11 is 0. The van der Waals surface area contributed by atoms with Crippen LogP contribution in [0.25, 0.3) is 0 Å². The van der Waals surface area contributed by atoms with Gasteiger partial charge in [-0.3, -0.25) is 14.8 Å². The first-order chi connectivity index (χ1) is 14.0. The molecule has 2 aliphatic rings. The van der Waals surface area contributed by atoms with Crippen LogP contribution in [-0.4, -0.2) is 57.1 Å². The number of hydrogen-bond acceptors (Lipinski definition) is 5. The molecule has 2 fully saturated rings. The van der Waals surface area contributed by atoms with Crippen LogP contribution >= 0.6 is 0 Å². The van der Waals surface area contributed by atoms with Gasteiger partial charge in [-0.25, -0.2) is 4.98 Å². The largest absolute Gasteiger partial charge is 0.465 e. The molecular formula is C22H25N5O2. The van der Waals surface area contributed by atoms with E-state index in [-0.39, 0.29) is 11.3 Å². The van der Waals surface area contributed by atoms with Gasteiger partial charge in [0.1, 0.15) is 17.3 Å². The van der Waals surface area contributed by atoms with Crippen LogP contribution in [0.1, 0.15) is 33.5 Å². The lowest BCUT2D eigenvalue weighted by Gasteiger charge is -2.26. The number of likely N-dealkylation sites (tertiary alicyclic amines) is 2. The van der Waals surface area contributed by atoms with E-state index in [0.717, 1.165) is 54.9 Å². The molecule has 2 saturated heterocycles. The van der Waals surface area contributed by atoms with E-state index in [1.165, 1.54) is 0 Å². The van der Waals surface area contributed by atoms with E-state index in [4.69, 9.17) is 4.42 Å². The second kappa shape index (κ2) is 6.84. The van der Waals surface area contributed by atoms with Gasteiger partial charge in [0, 0.05) is 37.7 Å². The molecule has 1 N–H and O–H groups in total. The van der Waals surface area contributed by atoms with E-state index in [2.05, 4.69) is 20.1 Å². The molecular weight excluding hydrogens is 366 g/mol. The Labute approximate surface area is 169 Å². The van der Waals surface area contributed by atoms with Crippen molar-refractivity contribution in [1.29, 1.82) is 0 Å². The predicted octanol–water partition coefficient (Wildman–Crippen LogP) is 2.54.